The highest BCUT2D eigenvalue weighted by atomic mass is 35.5. The van der Waals surface area contributed by atoms with Crippen molar-refractivity contribution in [2.45, 2.75) is 30.4 Å². The van der Waals surface area contributed by atoms with E-state index in [4.69, 9.17) is 44.3 Å². The molecule has 0 aliphatic heterocycles. The van der Waals surface area contributed by atoms with E-state index in [1.54, 1.807) is 49.5 Å². The largest absolute Gasteiger partial charge is 0.484 e. The summed E-state index contributed by atoms with van der Waals surface area (Å²) in [6.45, 7) is -0.133. The Bertz CT molecular complexity index is 976. The van der Waals surface area contributed by atoms with E-state index in [0.29, 0.717) is 45.8 Å². The zero-order valence-electron chi connectivity index (χ0n) is 16.1. The van der Waals surface area contributed by atoms with Gasteiger partial charge in [0.1, 0.15) is 11.4 Å². The molecule has 2 amide bonds. The Kier molecular flexibility index (Phi) is 5.51. The highest BCUT2D eigenvalue weighted by Gasteiger charge is 2.71. The van der Waals surface area contributed by atoms with Gasteiger partial charge in [-0.05, 0) is 36.4 Å². The van der Waals surface area contributed by atoms with Crippen LogP contribution >= 0.6 is 34.8 Å². The van der Waals surface area contributed by atoms with Gasteiger partial charge in [0.05, 0.1) is 15.6 Å². The lowest BCUT2D eigenvalue weighted by Crippen LogP contribution is -2.80. The number of amides is 2. The van der Waals surface area contributed by atoms with Gasteiger partial charge < -0.3 is 14.8 Å². The van der Waals surface area contributed by atoms with Crippen LogP contribution in [0.5, 0.6) is 5.75 Å². The van der Waals surface area contributed by atoms with Crippen molar-refractivity contribution in [3.05, 3.63) is 57.5 Å². The Morgan fingerprint density at radius 2 is 1.70 bits per heavy atom. The number of nitrogens with one attached hydrogen (secondary N) is 1. The average Bonchev–Trinajstić information content (AvgIpc) is 2.66. The third-order valence-electron chi connectivity index (χ3n) is 5.44. The Hall–Kier alpha value is -2.15. The summed E-state index contributed by atoms with van der Waals surface area (Å²) in [5.41, 5.74) is -0.134. The number of nitrogens with zero attached hydrogens (tertiary/aromatic N) is 1. The summed E-state index contributed by atoms with van der Waals surface area (Å²) in [6.07, 6.45) is 1.36. The first-order valence-corrected chi connectivity index (χ1v) is 10.4. The number of hydrogen-bond donors (Lipinski definition) is 1. The van der Waals surface area contributed by atoms with Crippen molar-refractivity contribution in [3.8, 4) is 5.75 Å². The van der Waals surface area contributed by atoms with E-state index in [9.17, 15) is 9.59 Å². The molecule has 2 bridgehead atoms. The Morgan fingerprint density at radius 3 is 2.33 bits per heavy atom. The lowest BCUT2D eigenvalue weighted by atomic mass is 9.46. The van der Waals surface area contributed by atoms with Gasteiger partial charge in [0.2, 0.25) is 0 Å². The van der Waals surface area contributed by atoms with Crippen molar-refractivity contribution in [1.29, 1.82) is 0 Å². The number of carbonyl (C=O) groups excluding carboxylic acids is 2. The third kappa shape index (κ3) is 4.17. The molecule has 0 spiro atoms. The molecule has 1 N–H and O–H groups in total. The van der Waals surface area contributed by atoms with Crippen molar-refractivity contribution >= 4 is 52.5 Å². The molecule has 2 aromatic rings. The molecule has 6 nitrogen and oxygen atoms in total. The van der Waals surface area contributed by atoms with Crippen LogP contribution in [0.4, 0.5) is 10.5 Å². The second-order valence-electron chi connectivity index (χ2n) is 7.81. The number of ether oxygens (including phenoxy) is 2. The molecular weight excluding hydrogens is 451 g/mol. The van der Waals surface area contributed by atoms with E-state index >= 15 is 0 Å². The molecule has 158 valence electrons. The lowest BCUT2D eigenvalue weighted by molar-refractivity contribution is -0.218. The molecule has 3 saturated carbocycles. The van der Waals surface area contributed by atoms with E-state index in [1.807, 2.05) is 0 Å². The minimum Gasteiger partial charge on any atom is -0.484 e. The molecule has 3 fully saturated rings. The van der Waals surface area contributed by atoms with E-state index in [1.165, 1.54) is 4.90 Å². The molecule has 0 radical (unpaired) electrons. The number of anilines is 1. The molecule has 0 unspecified atom stereocenters. The van der Waals surface area contributed by atoms with Gasteiger partial charge in [-0.2, -0.15) is 0 Å². The molecule has 9 heteroatoms. The summed E-state index contributed by atoms with van der Waals surface area (Å²) in [4.78, 5) is 26.1. The van der Waals surface area contributed by atoms with Crippen molar-refractivity contribution in [3.63, 3.8) is 0 Å². The second-order valence-corrected chi connectivity index (χ2v) is 9.06. The average molecular weight is 470 g/mol. The number of halogens is 3. The molecular formula is C21H19Cl3N2O4. The summed E-state index contributed by atoms with van der Waals surface area (Å²) in [5.74, 6) is 0.228. The van der Waals surface area contributed by atoms with Crippen molar-refractivity contribution in [2.75, 3.05) is 18.6 Å². The van der Waals surface area contributed by atoms with Gasteiger partial charge in [-0.25, -0.2) is 4.79 Å². The summed E-state index contributed by atoms with van der Waals surface area (Å²) < 4.78 is 11.1. The maximum absolute atomic E-state index is 12.4. The first-order chi connectivity index (χ1) is 14.2. The van der Waals surface area contributed by atoms with Gasteiger partial charge >= 0.3 is 6.09 Å². The van der Waals surface area contributed by atoms with Gasteiger partial charge in [0, 0.05) is 43.1 Å². The minimum atomic E-state index is -0.504. The SMILES string of the molecule is CN(C(=O)OC12CC(NC(=O)COc3ccc(Cl)c(Cl)c3)(C1)C2)c1ccc(Cl)cc1. The van der Waals surface area contributed by atoms with Gasteiger partial charge in [0.25, 0.3) is 5.91 Å². The first kappa shape index (κ1) is 21.1. The highest BCUT2D eigenvalue weighted by Crippen LogP contribution is 2.62. The molecule has 2 aromatic carbocycles. The molecule has 3 aliphatic rings. The topological polar surface area (TPSA) is 67.9 Å². The predicted octanol–water partition coefficient (Wildman–Crippen LogP) is 5.09. The van der Waals surface area contributed by atoms with Crippen LogP contribution in [0.15, 0.2) is 42.5 Å². The summed E-state index contributed by atoms with van der Waals surface area (Å²) in [5, 5.41) is 4.36. The normalized spacial score (nSPS) is 23.6. The zero-order chi connectivity index (χ0) is 21.5. The smallest absolute Gasteiger partial charge is 0.414 e. The third-order valence-corrected chi connectivity index (χ3v) is 6.43. The van der Waals surface area contributed by atoms with Crippen LogP contribution in [-0.4, -0.2) is 36.8 Å². The van der Waals surface area contributed by atoms with E-state index in [-0.39, 0.29) is 18.1 Å². The van der Waals surface area contributed by atoms with Crippen LogP contribution in [0.3, 0.4) is 0 Å². The molecule has 0 aromatic heterocycles. The van der Waals surface area contributed by atoms with Gasteiger partial charge in [-0.15, -0.1) is 0 Å². The van der Waals surface area contributed by atoms with E-state index < -0.39 is 11.7 Å². The fourth-order valence-corrected chi connectivity index (χ4v) is 4.42. The summed E-state index contributed by atoms with van der Waals surface area (Å²) in [6, 6.07) is 11.7. The standard InChI is InChI=1S/C21H19Cl3N2O4/c1-26(14-4-2-13(22)3-5-14)19(28)30-21-10-20(11-21,12-21)25-18(27)9-29-15-6-7-16(23)17(24)8-15/h2-8H,9-12H2,1H3,(H,25,27). The van der Waals surface area contributed by atoms with Crippen molar-refractivity contribution in [1.82, 2.24) is 5.32 Å². The van der Waals surface area contributed by atoms with Crippen molar-refractivity contribution < 1.29 is 19.1 Å². The zero-order valence-corrected chi connectivity index (χ0v) is 18.4. The van der Waals surface area contributed by atoms with Crippen molar-refractivity contribution in [2.24, 2.45) is 0 Å². The summed E-state index contributed by atoms with van der Waals surface area (Å²) >= 11 is 17.7. The fourth-order valence-electron chi connectivity index (χ4n) is 4.01. The number of rotatable bonds is 6. The van der Waals surface area contributed by atoms with E-state index in [2.05, 4.69) is 5.32 Å². The van der Waals surface area contributed by atoms with Crippen LogP contribution in [0, 0.1) is 0 Å². The molecule has 5 rings (SSSR count). The van der Waals surface area contributed by atoms with Gasteiger partial charge in [-0.1, -0.05) is 34.8 Å². The van der Waals surface area contributed by atoms with Crippen LogP contribution < -0.4 is 15.0 Å². The highest BCUT2D eigenvalue weighted by molar-refractivity contribution is 6.42. The molecule has 0 saturated heterocycles. The maximum atomic E-state index is 12.4. The van der Waals surface area contributed by atoms with Crippen LogP contribution in [0.1, 0.15) is 19.3 Å². The molecule has 0 heterocycles. The van der Waals surface area contributed by atoms with Crippen LogP contribution in [0.25, 0.3) is 0 Å². The lowest BCUT2D eigenvalue weighted by Gasteiger charge is -2.68. The summed E-state index contributed by atoms with van der Waals surface area (Å²) in [7, 11) is 1.65. The van der Waals surface area contributed by atoms with Crippen LogP contribution in [-0.2, 0) is 9.53 Å². The second kappa shape index (κ2) is 7.84. The Morgan fingerprint density at radius 1 is 1.03 bits per heavy atom. The van der Waals surface area contributed by atoms with Gasteiger partial charge in [0.15, 0.2) is 6.61 Å². The fraction of sp³-hybridized carbons (Fsp3) is 0.333. The quantitative estimate of drug-likeness (QED) is 0.640. The molecule has 30 heavy (non-hydrogen) atoms. The monoisotopic (exact) mass is 468 g/mol. The maximum Gasteiger partial charge on any atom is 0.414 e. The number of carbonyl (C=O) groups is 2. The Balaban J connectivity index is 1.23. The predicted molar refractivity (Wildman–Crippen MR) is 116 cm³/mol. The number of benzene rings is 2. The number of hydrogen-bond acceptors (Lipinski definition) is 4. The Labute approximate surface area is 189 Å². The first-order valence-electron chi connectivity index (χ1n) is 9.30. The minimum absolute atomic E-state index is 0.133. The molecule has 3 aliphatic carbocycles. The van der Waals surface area contributed by atoms with Crippen LogP contribution in [0.2, 0.25) is 15.1 Å². The molecule has 0 atom stereocenters. The van der Waals surface area contributed by atoms with E-state index in [0.717, 1.165) is 0 Å². The van der Waals surface area contributed by atoms with Gasteiger partial charge in [-0.3, -0.25) is 9.69 Å².